The summed E-state index contributed by atoms with van der Waals surface area (Å²) in [7, 11) is 0. The lowest BCUT2D eigenvalue weighted by atomic mass is 9.98. The molecule has 102 valence electrons. The largest absolute Gasteiger partial charge is 0.416 e. The minimum Gasteiger partial charge on any atom is -0.363 e. The lowest BCUT2D eigenvalue weighted by Crippen LogP contribution is -2.30. The van der Waals surface area contributed by atoms with Gasteiger partial charge in [0.2, 0.25) is 0 Å². The number of rotatable bonds is 3. The Hall–Kier alpha value is -1.31. The number of aromatic amines is 1. The second kappa shape index (κ2) is 5.36. The van der Waals surface area contributed by atoms with Crippen molar-refractivity contribution < 1.29 is 13.2 Å². The van der Waals surface area contributed by atoms with Crippen molar-refractivity contribution in [1.29, 1.82) is 0 Å². The fourth-order valence-electron chi connectivity index (χ4n) is 1.90. The summed E-state index contributed by atoms with van der Waals surface area (Å²) in [4.78, 5) is 2.86. The fraction of sp³-hybridized carbons (Fsp3) is 0.167. The van der Waals surface area contributed by atoms with Gasteiger partial charge in [0.05, 0.1) is 11.6 Å². The number of hydrogen-bond acceptors (Lipinski definition) is 2. The van der Waals surface area contributed by atoms with Gasteiger partial charge in [-0.15, -0.1) is 0 Å². The fourth-order valence-corrected chi connectivity index (χ4v) is 2.26. The van der Waals surface area contributed by atoms with Gasteiger partial charge in [-0.3, -0.25) is 5.84 Å². The van der Waals surface area contributed by atoms with E-state index >= 15 is 0 Å². The summed E-state index contributed by atoms with van der Waals surface area (Å²) in [6.07, 6.45) is -2.81. The molecule has 4 N–H and O–H groups in total. The molecule has 1 aromatic heterocycles. The Kier molecular flexibility index (Phi) is 3.98. The van der Waals surface area contributed by atoms with Crippen LogP contribution in [0.3, 0.4) is 0 Å². The van der Waals surface area contributed by atoms with Gasteiger partial charge in [0.1, 0.15) is 0 Å². The van der Waals surface area contributed by atoms with Crippen LogP contribution in [0.15, 0.2) is 41.0 Å². The molecule has 0 aliphatic heterocycles. The van der Waals surface area contributed by atoms with Crippen LogP contribution in [0.4, 0.5) is 13.2 Å². The Bertz CT molecular complexity index is 552. The Morgan fingerprint density at radius 3 is 2.53 bits per heavy atom. The summed E-state index contributed by atoms with van der Waals surface area (Å²) < 4.78 is 39.6. The lowest BCUT2D eigenvalue weighted by Gasteiger charge is -2.20. The lowest BCUT2D eigenvalue weighted by molar-refractivity contribution is -0.138. The van der Waals surface area contributed by atoms with Crippen molar-refractivity contribution in [2.24, 2.45) is 5.84 Å². The van der Waals surface area contributed by atoms with Crippen molar-refractivity contribution >= 4 is 15.9 Å². The van der Waals surface area contributed by atoms with Gasteiger partial charge in [0.15, 0.2) is 0 Å². The zero-order chi connectivity index (χ0) is 14.0. The Balaban J connectivity index is 2.55. The van der Waals surface area contributed by atoms with Gasteiger partial charge in [-0.2, -0.15) is 13.2 Å². The molecule has 0 amide bonds. The van der Waals surface area contributed by atoms with Crippen molar-refractivity contribution in [3.63, 3.8) is 0 Å². The molecule has 7 heteroatoms. The molecule has 2 rings (SSSR count). The third-order valence-corrected chi connectivity index (χ3v) is 3.22. The summed E-state index contributed by atoms with van der Waals surface area (Å²) in [5, 5.41) is 0. The normalized spacial score (nSPS) is 13.5. The first-order valence-electron chi connectivity index (χ1n) is 5.39. The van der Waals surface area contributed by atoms with E-state index in [9.17, 15) is 13.2 Å². The average Bonchev–Trinajstić information content (AvgIpc) is 2.84. The third kappa shape index (κ3) is 2.99. The number of nitrogens with one attached hydrogen (secondary N) is 2. The van der Waals surface area contributed by atoms with Gasteiger partial charge < -0.3 is 4.98 Å². The van der Waals surface area contributed by atoms with E-state index in [1.54, 1.807) is 24.4 Å². The van der Waals surface area contributed by atoms with Crippen LogP contribution in [0.2, 0.25) is 0 Å². The molecule has 1 atom stereocenters. The molecule has 0 bridgehead atoms. The van der Waals surface area contributed by atoms with E-state index in [1.807, 2.05) is 0 Å². The molecule has 0 spiro atoms. The maximum Gasteiger partial charge on any atom is 0.416 e. The van der Waals surface area contributed by atoms with Crippen LogP contribution in [0.1, 0.15) is 22.9 Å². The van der Waals surface area contributed by atoms with E-state index in [2.05, 4.69) is 26.3 Å². The van der Waals surface area contributed by atoms with Gasteiger partial charge in [-0.05, 0) is 29.8 Å². The van der Waals surface area contributed by atoms with Gasteiger partial charge >= 0.3 is 6.18 Å². The second-order valence-corrected chi connectivity index (χ2v) is 4.87. The number of hydrogen-bond donors (Lipinski definition) is 3. The first-order chi connectivity index (χ1) is 8.93. The molecule has 19 heavy (non-hydrogen) atoms. The van der Waals surface area contributed by atoms with Crippen LogP contribution < -0.4 is 11.3 Å². The molecular weight excluding hydrogens is 323 g/mol. The quantitative estimate of drug-likeness (QED) is 0.596. The van der Waals surface area contributed by atoms with Crippen molar-refractivity contribution in [3.8, 4) is 0 Å². The molecule has 1 heterocycles. The molecule has 2 aromatic rings. The van der Waals surface area contributed by atoms with Crippen molar-refractivity contribution in [3.05, 3.63) is 57.8 Å². The van der Waals surface area contributed by atoms with Crippen LogP contribution >= 0.6 is 15.9 Å². The maximum atomic E-state index is 13.1. The highest BCUT2D eigenvalue weighted by Crippen LogP contribution is 2.37. The molecule has 0 aliphatic carbocycles. The minimum atomic E-state index is -4.44. The summed E-state index contributed by atoms with van der Waals surface area (Å²) in [6.45, 7) is 0. The summed E-state index contributed by atoms with van der Waals surface area (Å²) in [5.41, 5.74) is 2.32. The van der Waals surface area contributed by atoms with Crippen LogP contribution in [0.25, 0.3) is 0 Å². The average molecular weight is 334 g/mol. The van der Waals surface area contributed by atoms with Gasteiger partial charge in [-0.25, -0.2) is 5.43 Å². The molecule has 0 radical (unpaired) electrons. The number of H-pyrrole nitrogens is 1. The van der Waals surface area contributed by atoms with E-state index in [-0.39, 0.29) is 5.56 Å². The third-order valence-electron chi connectivity index (χ3n) is 2.73. The Morgan fingerprint density at radius 2 is 2.00 bits per heavy atom. The minimum absolute atomic E-state index is 0.0700. The summed E-state index contributed by atoms with van der Waals surface area (Å²) in [6, 6.07) is 6.62. The first-order valence-corrected chi connectivity index (χ1v) is 6.19. The molecule has 1 unspecified atom stereocenters. The zero-order valence-electron chi connectivity index (χ0n) is 9.63. The van der Waals surface area contributed by atoms with Crippen LogP contribution in [0.5, 0.6) is 0 Å². The Morgan fingerprint density at radius 1 is 1.26 bits per heavy atom. The number of benzene rings is 1. The molecule has 0 fully saturated rings. The SMILES string of the molecule is NNC(c1ccc[nH]1)c1ccc(Br)cc1C(F)(F)F. The topological polar surface area (TPSA) is 53.8 Å². The van der Waals surface area contributed by atoms with Gasteiger partial charge in [-0.1, -0.05) is 22.0 Å². The predicted molar refractivity (Wildman–Crippen MR) is 69.1 cm³/mol. The van der Waals surface area contributed by atoms with Gasteiger partial charge in [0.25, 0.3) is 0 Å². The number of alkyl halides is 3. The Labute approximate surface area is 116 Å². The van der Waals surface area contributed by atoms with E-state index in [0.717, 1.165) is 6.07 Å². The standard InChI is InChI=1S/C12H11BrF3N3/c13-7-3-4-8(9(6-7)12(14,15)16)11(19-17)10-2-1-5-18-10/h1-6,11,18-19H,17H2. The second-order valence-electron chi connectivity index (χ2n) is 3.95. The predicted octanol–water partition coefficient (Wildman–Crippen LogP) is 3.35. The maximum absolute atomic E-state index is 13.1. The van der Waals surface area contributed by atoms with E-state index in [0.29, 0.717) is 10.2 Å². The molecule has 0 saturated heterocycles. The number of nitrogens with two attached hydrogens (primary N) is 1. The number of halogens is 4. The van der Waals surface area contributed by atoms with Crippen LogP contribution in [-0.2, 0) is 6.18 Å². The van der Waals surface area contributed by atoms with E-state index in [4.69, 9.17) is 5.84 Å². The van der Waals surface area contributed by atoms with Crippen molar-refractivity contribution in [2.45, 2.75) is 12.2 Å². The summed E-state index contributed by atoms with van der Waals surface area (Å²) >= 11 is 3.05. The highest BCUT2D eigenvalue weighted by molar-refractivity contribution is 9.10. The molecule has 0 saturated carbocycles. The van der Waals surface area contributed by atoms with Crippen molar-refractivity contribution in [1.82, 2.24) is 10.4 Å². The monoisotopic (exact) mass is 333 g/mol. The van der Waals surface area contributed by atoms with E-state index < -0.39 is 17.8 Å². The zero-order valence-corrected chi connectivity index (χ0v) is 11.2. The molecule has 3 nitrogen and oxygen atoms in total. The van der Waals surface area contributed by atoms with Crippen LogP contribution in [-0.4, -0.2) is 4.98 Å². The highest BCUT2D eigenvalue weighted by atomic mass is 79.9. The number of aromatic nitrogens is 1. The molecule has 0 aliphatic rings. The van der Waals surface area contributed by atoms with Crippen molar-refractivity contribution in [2.75, 3.05) is 0 Å². The summed E-state index contributed by atoms with van der Waals surface area (Å²) in [5.74, 6) is 5.40. The molecule has 1 aromatic carbocycles. The first kappa shape index (κ1) is 14.1. The van der Waals surface area contributed by atoms with Crippen LogP contribution in [0, 0.1) is 0 Å². The highest BCUT2D eigenvalue weighted by Gasteiger charge is 2.35. The molecular formula is C12H11BrF3N3. The number of hydrazine groups is 1. The van der Waals surface area contributed by atoms with Gasteiger partial charge in [0, 0.05) is 16.4 Å². The van der Waals surface area contributed by atoms with E-state index in [1.165, 1.54) is 6.07 Å². The smallest absolute Gasteiger partial charge is 0.363 e.